The number of alkyl halides is 3. The van der Waals surface area contributed by atoms with Crippen molar-refractivity contribution < 1.29 is 17.9 Å². The maximum atomic E-state index is 12.3. The highest BCUT2D eigenvalue weighted by Crippen LogP contribution is 2.24. The normalized spacial score (nSPS) is 24.2. The Balaban J connectivity index is 2.48. The van der Waals surface area contributed by atoms with Crippen LogP contribution in [0.2, 0.25) is 0 Å². The number of ether oxygens (including phenoxy) is 1. The largest absolute Gasteiger partial charge is 0.389 e. The predicted molar refractivity (Wildman–Crippen MR) is 64.6 cm³/mol. The monoisotopic (exact) mass is 268 g/mol. The summed E-state index contributed by atoms with van der Waals surface area (Å²) < 4.78 is 42.5. The summed E-state index contributed by atoms with van der Waals surface area (Å²) in [6, 6.07) is -0.214. The van der Waals surface area contributed by atoms with Crippen molar-refractivity contribution in [3.05, 3.63) is 0 Å². The van der Waals surface area contributed by atoms with Crippen LogP contribution in [0.1, 0.15) is 26.2 Å². The summed E-state index contributed by atoms with van der Waals surface area (Å²) in [4.78, 5) is 2.10. The average Bonchev–Trinajstić information content (AvgIpc) is 2.28. The van der Waals surface area contributed by atoms with Crippen LogP contribution in [0.3, 0.4) is 0 Å². The molecule has 0 bridgehead atoms. The van der Waals surface area contributed by atoms with E-state index in [0.717, 1.165) is 19.5 Å². The Hall–Kier alpha value is -0.330. The fourth-order valence-electron chi connectivity index (χ4n) is 2.12. The summed E-state index contributed by atoms with van der Waals surface area (Å²) in [7, 11) is 1.97. The van der Waals surface area contributed by atoms with E-state index in [1.54, 1.807) is 0 Å². The molecule has 0 saturated carbocycles. The molecule has 108 valence electrons. The molecule has 6 heteroatoms. The van der Waals surface area contributed by atoms with Crippen molar-refractivity contribution in [1.82, 2.24) is 10.2 Å². The van der Waals surface area contributed by atoms with Crippen LogP contribution >= 0.6 is 0 Å². The summed E-state index contributed by atoms with van der Waals surface area (Å²) in [5.74, 6) is 0. The molecular formula is C12H23F3N2O. The Morgan fingerprint density at radius 1 is 1.44 bits per heavy atom. The van der Waals surface area contributed by atoms with Gasteiger partial charge in [0.15, 0.2) is 0 Å². The van der Waals surface area contributed by atoms with Crippen molar-refractivity contribution in [2.75, 3.05) is 33.3 Å². The molecule has 1 saturated heterocycles. The van der Waals surface area contributed by atoms with Crippen molar-refractivity contribution in [2.24, 2.45) is 0 Å². The lowest BCUT2D eigenvalue weighted by Crippen LogP contribution is -2.51. The number of hydrogen-bond acceptors (Lipinski definition) is 3. The lowest BCUT2D eigenvalue weighted by Gasteiger charge is -2.35. The first-order valence-corrected chi connectivity index (χ1v) is 6.52. The van der Waals surface area contributed by atoms with Crippen LogP contribution in [-0.4, -0.2) is 56.5 Å². The van der Waals surface area contributed by atoms with Gasteiger partial charge in [0.1, 0.15) is 0 Å². The van der Waals surface area contributed by atoms with Crippen LogP contribution in [0.15, 0.2) is 0 Å². The second-order valence-electron chi connectivity index (χ2n) is 4.89. The molecule has 18 heavy (non-hydrogen) atoms. The van der Waals surface area contributed by atoms with Crippen molar-refractivity contribution in [3.8, 4) is 0 Å². The molecule has 0 aliphatic carbocycles. The number of halogens is 3. The highest BCUT2D eigenvalue weighted by Gasteiger charge is 2.32. The van der Waals surface area contributed by atoms with E-state index < -0.39 is 12.6 Å². The quantitative estimate of drug-likeness (QED) is 0.797. The van der Waals surface area contributed by atoms with E-state index in [4.69, 9.17) is 4.74 Å². The Labute approximate surface area is 107 Å². The Morgan fingerprint density at radius 3 is 2.72 bits per heavy atom. The molecule has 2 unspecified atom stereocenters. The molecule has 1 fully saturated rings. The SMILES string of the molecule is CCCNC(CCC(F)(F)F)C1CN(C)CCO1. The first-order valence-electron chi connectivity index (χ1n) is 6.52. The van der Waals surface area contributed by atoms with E-state index in [0.29, 0.717) is 13.2 Å². The van der Waals surface area contributed by atoms with Crippen molar-refractivity contribution in [3.63, 3.8) is 0 Å². The van der Waals surface area contributed by atoms with Crippen LogP contribution in [0.25, 0.3) is 0 Å². The number of nitrogens with zero attached hydrogens (tertiary/aromatic N) is 1. The van der Waals surface area contributed by atoms with Gasteiger partial charge in [0.25, 0.3) is 0 Å². The van der Waals surface area contributed by atoms with Gasteiger partial charge < -0.3 is 15.0 Å². The Morgan fingerprint density at radius 2 is 2.17 bits per heavy atom. The minimum atomic E-state index is -4.09. The lowest BCUT2D eigenvalue weighted by molar-refractivity contribution is -0.139. The van der Waals surface area contributed by atoms with E-state index in [-0.39, 0.29) is 18.6 Å². The van der Waals surface area contributed by atoms with Crippen LogP contribution in [0, 0.1) is 0 Å². The fourth-order valence-corrected chi connectivity index (χ4v) is 2.12. The molecule has 0 amide bonds. The fraction of sp³-hybridized carbons (Fsp3) is 1.00. The maximum Gasteiger partial charge on any atom is 0.389 e. The number of morpholine rings is 1. The molecule has 0 radical (unpaired) electrons. The van der Waals surface area contributed by atoms with Crippen molar-refractivity contribution >= 4 is 0 Å². The topological polar surface area (TPSA) is 24.5 Å². The zero-order chi connectivity index (χ0) is 13.6. The van der Waals surface area contributed by atoms with E-state index in [1.165, 1.54) is 0 Å². The van der Waals surface area contributed by atoms with E-state index in [1.807, 2.05) is 14.0 Å². The summed E-state index contributed by atoms with van der Waals surface area (Å²) in [6.07, 6.45) is -3.99. The van der Waals surface area contributed by atoms with Crippen LogP contribution in [-0.2, 0) is 4.74 Å². The van der Waals surface area contributed by atoms with Crippen LogP contribution in [0.5, 0.6) is 0 Å². The Kier molecular flexibility index (Phi) is 6.38. The van der Waals surface area contributed by atoms with E-state index >= 15 is 0 Å². The standard InChI is InChI=1S/C12H23F3N2O/c1-3-6-16-10(4-5-12(13,14)15)11-9-17(2)7-8-18-11/h10-11,16H,3-9H2,1-2H3. The molecule has 1 aliphatic rings. The lowest BCUT2D eigenvalue weighted by atomic mass is 10.0. The molecule has 3 nitrogen and oxygen atoms in total. The zero-order valence-corrected chi connectivity index (χ0v) is 11.1. The van der Waals surface area contributed by atoms with Gasteiger partial charge in [-0.25, -0.2) is 0 Å². The predicted octanol–water partition coefficient (Wildman–Crippen LogP) is 2.03. The highest BCUT2D eigenvalue weighted by atomic mass is 19.4. The third-order valence-electron chi connectivity index (χ3n) is 3.14. The van der Waals surface area contributed by atoms with Gasteiger partial charge in [-0.1, -0.05) is 6.92 Å². The third-order valence-corrected chi connectivity index (χ3v) is 3.14. The third kappa shape index (κ3) is 6.02. The average molecular weight is 268 g/mol. The Bertz CT molecular complexity index is 236. The molecule has 2 atom stereocenters. The summed E-state index contributed by atoms with van der Waals surface area (Å²) in [5.41, 5.74) is 0. The molecule has 0 aromatic rings. The summed E-state index contributed by atoms with van der Waals surface area (Å²) in [5, 5.41) is 3.18. The van der Waals surface area contributed by atoms with E-state index in [9.17, 15) is 13.2 Å². The zero-order valence-electron chi connectivity index (χ0n) is 11.1. The molecule has 0 aromatic carbocycles. The maximum absolute atomic E-state index is 12.3. The van der Waals surface area contributed by atoms with Crippen molar-refractivity contribution in [1.29, 1.82) is 0 Å². The molecule has 0 spiro atoms. The summed E-state index contributed by atoms with van der Waals surface area (Å²) in [6.45, 7) is 4.86. The molecule has 1 N–H and O–H groups in total. The summed E-state index contributed by atoms with van der Waals surface area (Å²) >= 11 is 0. The minimum Gasteiger partial charge on any atom is -0.374 e. The van der Waals surface area contributed by atoms with Gasteiger partial charge in [-0.15, -0.1) is 0 Å². The second kappa shape index (κ2) is 7.31. The van der Waals surface area contributed by atoms with Gasteiger partial charge >= 0.3 is 6.18 Å². The van der Waals surface area contributed by atoms with Gasteiger partial charge in [0.2, 0.25) is 0 Å². The number of hydrogen-bond donors (Lipinski definition) is 1. The first-order chi connectivity index (χ1) is 8.42. The number of nitrogens with one attached hydrogen (secondary N) is 1. The van der Waals surface area contributed by atoms with Gasteiger partial charge in [-0.3, -0.25) is 0 Å². The smallest absolute Gasteiger partial charge is 0.374 e. The van der Waals surface area contributed by atoms with Gasteiger partial charge in [0.05, 0.1) is 12.7 Å². The van der Waals surface area contributed by atoms with E-state index in [2.05, 4.69) is 10.2 Å². The van der Waals surface area contributed by atoms with Gasteiger partial charge in [-0.2, -0.15) is 13.2 Å². The molecule has 1 heterocycles. The molecule has 0 aromatic heterocycles. The van der Waals surface area contributed by atoms with Crippen LogP contribution < -0.4 is 5.32 Å². The van der Waals surface area contributed by atoms with Crippen molar-refractivity contribution in [2.45, 2.75) is 44.5 Å². The molecule has 1 aliphatic heterocycles. The number of rotatable bonds is 6. The minimum absolute atomic E-state index is 0.0853. The highest BCUT2D eigenvalue weighted by molar-refractivity contribution is 4.82. The molecule has 1 rings (SSSR count). The number of likely N-dealkylation sites (N-methyl/N-ethyl adjacent to an activating group) is 1. The molecular weight excluding hydrogens is 245 g/mol. The van der Waals surface area contributed by atoms with Crippen LogP contribution in [0.4, 0.5) is 13.2 Å². The van der Waals surface area contributed by atoms with Gasteiger partial charge in [-0.05, 0) is 26.4 Å². The second-order valence-corrected chi connectivity index (χ2v) is 4.89. The first kappa shape index (κ1) is 15.7. The van der Waals surface area contributed by atoms with Gasteiger partial charge in [0, 0.05) is 25.6 Å².